The molecule has 0 spiro atoms. The molecule has 5 heteroatoms. The van der Waals surface area contributed by atoms with Crippen molar-refractivity contribution in [3.05, 3.63) is 29.8 Å². The average molecular weight is 234 g/mol. The summed E-state index contributed by atoms with van der Waals surface area (Å²) in [6, 6.07) is 6.54. The van der Waals surface area contributed by atoms with Gasteiger partial charge in [0.15, 0.2) is 6.61 Å². The number of ether oxygens (including phenoxy) is 1. The Morgan fingerprint density at radius 3 is 2.50 bits per heavy atom. The van der Waals surface area contributed by atoms with E-state index in [1.54, 1.807) is 18.2 Å². The van der Waals surface area contributed by atoms with Gasteiger partial charge in [-0.3, -0.25) is 0 Å². The lowest BCUT2D eigenvalue weighted by Gasteiger charge is -2.12. The third-order valence-electron chi connectivity index (χ3n) is 1.97. The third kappa shape index (κ3) is 4.53. The molecule has 1 rings (SSSR count). The highest BCUT2D eigenvalue weighted by Gasteiger charge is 2.28. The van der Waals surface area contributed by atoms with E-state index in [9.17, 15) is 13.2 Å². The van der Waals surface area contributed by atoms with E-state index in [0.29, 0.717) is 18.4 Å². The van der Waals surface area contributed by atoms with E-state index in [4.69, 9.17) is 9.84 Å². The largest absolute Gasteiger partial charge is 0.484 e. The second kappa shape index (κ2) is 5.75. The van der Waals surface area contributed by atoms with Crippen molar-refractivity contribution in [2.24, 2.45) is 0 Å². The SMILES string of the molecule is OCCCc1ccccc1OCC(F)(F)F. The molecule has 0 bridgehead atoms. The zero-order valence-corrected chi connectivity index (χ0v) is 8.63. The van der Waals surface area contributed by atoms with Crippen LogP contribution in [0.2, 0.25) is 0 Å². The number of halogens is 3. The third-order valence-corrected chi connectivity index (χ3v) is 1.97. The Morgan fingerprint density at radius 1 is 1.19 bits per heavy atom. The predicted molar refractivity (Wildman–Crippen MR) is 53.4 cm³/mol. The highest BCUT2D eigenvalue weighted by atomic mass is 19.4. The minimum atomic E-state index is -4.33. The van der Waals surface area contributed by atoms with Crippen LogP contribution in [0.1, 0.15) is 12.0 Å². The summed E-state index contributed by atoms with van der Waals surface area (Å²) in [5, 5.41) is 8.66. The predicted octanol–water partition coefficient (Wildman–Crippen LogP) is 2.55. The number of para-hydroxylation sites is 1. The number of alkyl halides is 3. The van der Waals surface area contributed by atoms with Gasteiger partial charge >= 0.3 is 6.18 Å². The minimum Gasteiger partial charge on any atom is -0.484 e. The van der Waals surface area contributed by atoms with E-state index < -0.39 is 12.8 Å². The van der Waals surface area contributed by atoms with Gasteiger partial charge in [0, 0.05) is 6.61 Å². The van der Waals surface area contributed by atoms with Gasteiger partial charge < -0.3 is 9.84 Å². The Hall–Kier alpha value is -1.23. The fraction of sp³-hybridized carbons (Fsp3) is 0.455. The molecule has 16 heavy (non-hydrogen) atoms. The van der Waals surface area contributed by atoms with Gasteiger partial charge in [-0.1, -0.05) is 18.2 Å². The summed E-state index contributed by atoms with van der Waals surface area (Å²) in [5.74, 6) is 0.230. The number of aliphatic hydroxyl groups is 1. The Balaban J connectivity index is 2.63. The molecular weight excluding hydrogens is 221 g/mol. The van der Waals surface area contributed by atoms with Crippen LogP contribution < -0.4 is 4.74 Å². The summed E-state index contributed by atoms with van der Waals surface area (Å²) in [7, 11) is 0. The molecule has 1 aromatic carbocycles. The summed E-state index contributed by atoms with van der Waals surface area (Å²) >= 11 is 0. The molecule has 0 aliphatic rings. The molecule has 1 N–H and O–H groups in total. The number of hydrogen-bond donors (Lipinski definition) is 1. The van der Waals surface area contributed by atoms with E-state index >= 15 is 0 Å². The molecule has 0 saturated heterocycles. The van der Waals surface area contributed by atoms with Crippen molar-refractivity contribution in [3.63, 3.8) is 0 Å². The first-order valence-electron chi connectivity index (χ1n) is 4.91. The molecule has 0 unspecified atom stereocenters. The van der Waals surface area contributed by atoms with Crippen molar-refractivity contribution in [2.75, 3.05) is 13.2 Å². The highest BCUT2D eigenvalue weighted by Crippen LogP contribution is 2.22. The van der Waals surface area contributed by atoms with Crippen LogP contribution in [-0.4, -0.2) is 24.5 Å². The lowest BCUT2D eigenvalue weighted by Crippen LogP contribution is -2.19. The Morgan fingerprint density at radius 2 is 1.88 bits per heavy atom. The van der Waals surface area contributed by atoms with Crippen molar-refractivity contribution in [2.45, 2.75) is 19.0 Å². The smallest absolute Gasteiger partial charge is 0.422 e. The first kappa shape index (κ1) is 12.8. The number of rotatable bonds is 5. The standard InChI is InChI=1S/C11H13F3O2/c12-11(13,14)8-16-10-6-2-1-4-9(10)5-3-7-15/h1-2,4,6,15H,3,5,7-8H2. The van der Waals surface area contributed by atoms with Crippen LogP contribution in [0.5, 0.6) is 5.75 Å². The first-order chi connectivity index (χ1) is 7.53. The van der Waals surface area contributed by atoms with E-state index in [-0.39, 0.29) is 12.4 Å². The molecule has 0 aliphatic heterocycles. The lowest BCUT2D eigenvalue weighted by atomic mass is 10.1. The van der Waals surface area contributed by atoms with Crippen molar-refractivity contribution in [3.8, 4) is 5.75 Å². The quantitative estimate of drug-likeness (QED) is 0.848. The molecule has 0 fully saturated rings. The van der Waals surface area contributed by atoms with Gasteiger partial charge in [0.25, 0.3) is 0 Å². The molecule has 0 radical (unpaired) electrons. The van der Waals surface area contributed by atoms with Gasteiger partial charge in [0.2, 0.25) is 0 Å². The molecule has 90 valence electrons. The second-order valence-electron chi connectivity index (χ2n) is 3.34. The molecule has 0 aliphatic carbocycles. The molecule has 0 amide bonds. The topological polar surface area (TPSA) is 29.5 Å². The Labute approximate surface area is 91.7 Å². The van der Waals surface area contributed by atoms with Crippen LogP contribution in [0.4, 0.5) is 13.2 Å². The zero-order chi connectivity index (χ0) is 12.0. The molecule has 0 aromatic heterocycles. The van der Waals surface area contributed by atoms with Gasteiger partial charge in [-0.05, 0) is 24.5 Å². The van der Waals surface area contributed by atoms with Gasteiger partial charge in [-0.2, -0.15) is 13.2 Å². The summed E-state index contributed by atoms with van der Waals surface area (Å²) in [6.07, 6.45) is -3.32. The van der Waals surface area contributed by atoms with Gasteiger partial charge in [0.05, 0.1) is 0 Å². The molecule has 1 aromatic rings. The molecular formula is C11H13F3O2. The van der Waals surface area contributed by atoms with Crippen molar-refractivity contribution in [1.82, 2.24) is 0 Å². The normalized spacial score (nSPS) is 11.5. The summed E-state index contributed by atoms with van der Waals surface area (Å²) in [5.41, 5.74) is 0.681. The molecule has 2 nitrogen and oxygen atoms in total. The van der Waals surface area contributed by atoms with Crippen molar-refractivity contribution < 1.29 is 23.0 Å². The summed E-state index contributed by atoms with van der Waals surface area (Å²) in [6.45, 7) is -1.28. The maximum atomic E-state index is 12.0. The fourth-order valence-corrected chi connectivity index (χ4v) is 1.28. The number of aliphatic hydroxyl groups excluding tert-OH is 1. The van der Waals surface area contributed by atoms with E-state index in [0.717, 1.165) is 0 Å². The molecule has 0 saturated carbocycles. The Bertz CT molecular complexity index is 323. The van der Waals surface area contributed by atoms with Crippen LogP contribution in [0, 0.1) is 0 Å². The van der Waals surface area contributed by atoms with Crippen molar-refractivity contribution in [1.29, 1.82) is 0 Å². The lowest BCUT2D eigenvalue weighted by molar-refractivity contribution is -0.153. The van der Waals surface area contributed by atoms with Crippen LogP contribution in [0.25, 0.3) is 0 Å². The molecule has 0 heterocycles. The number of hydrogen-bond acceptors (Lipinski definition) is 2. The van der Waals surface area contributed by atoms with Gasteiger partial charge in [-0.15, -0.1) is 0 Å². The summed E-state index contributed by atoms with van der Waals surface area (Å²) < 4.78 is 40.6. The minimum absolute atomic E-state index is 0.00754. The Kier molecular flexibility index (Phi) is 4.61. The maximum absolute atomic E-state index is 12.0. The monoisotopic (exact) mass is 234 g/mol. The van der Waals surface area contributed by atoms with E-state index in [2.05, 4.69) is 0 Å². The molecule has 0 atom stereocenters. The van der Waals surface area contributed by atoms with Gasteiger partial charge in [0.1, 0.15) is 5.75 Å². The first-order valence-corrected chi connectivity index (χ1v) is 4.91. The van der Waals surface area contributed by atoms with Gasteiger partial charge in [-0.25, -0.2) is 0 Å². The van der Waals surface area contributed by atoms with Crippen LogP contribution >= 0.6 is 0 Å². The highest BCUT2D eigenvalue weighted by molar-refractivity contribution is 5.33. The maximum Gasteiger partial charge on any atom is 0.422 e. The van der Waals surface area contributed by atoms with E-state index in [1.807, 2.05) is 0 Å². The number of benzene rings is 1. The average Bonchev–Trinajstić information content (AvgIpc) is 2.23. The van der Waals surface area contributed by atoms with Crippen LogP contribution in [0.3, 0.4) is 0 Å². The fourth-order valence-electron chi connectivity index (χ4n) is 1.28. The zero-order valence-electron chi connectivity index (χ0n) is 8.63. The summed E-state index contributed by atoms with van der Waals surface area (Å²) in [4.78, 5) is 0. The van der Waals surface area contributed by atoms with Crippen LogP contribution in [0.15, 0.2) is 24.3 Å². The van der Waals surface area contributed by atoms with Crippen molar-refractivity contribution >= 4 is 0 Å². The van der Waals surface area contributed by atoms with Crippen LogP contribution in [-0.2, 0) is 6.42 Å². The second-order valence-corrected chi connectivity index (χ2v) is 3.34. The van der Waals surface area contributed by atoms with E-state index in [1.165, 1.54) is 6.07 Å². The number of aryl methyl sites for hydroxylation is 1.